The number of Topliss-reactive ketones (excluding diaryl/α,β-unsaturated/α-hetero) is 1. The van der Waals surface area contributed by atoms with Crippen LogP contribution in [0, 0.1) is 5.92 Å². The molecule has 0 bridgehead atoms. The van der Waals surface area contributed by atoms with Gasteiger partial charge in [-0.1, -0.05) is 19.9 Å². The van der Waals surface area contributed by atoms with E-state index in [2.05, 4.69) is 37.7 Å². The molecule has 4 heteroatoms. The largest absolute Gasteiger partial charge is 0.308 e. The minimum Gasteiger partial charge on any atom is -0.308 e. The van der Waals surface area contributed by atoms with Crippen molar-refractivity contribution in [3.63, 3.8) is 0 Å². The molecular weight excluding hydrogens is 268 g/mol. The Morgan fingerprint density at radius 1 is 1.25 bits per heavy atom. The highest BCUT2D eigenvalue weighted by Gasteiger charge is 2.10. The molecule has 0 fully saturated rings. The summed E-state index contributed by atoms with van der Waals surface area (Å²) in [5, 5.41) is 1.97. The molecule has 0 saturated heterocycles. The van der Waals surface area contributed by atoms with E-state index in [9.17, 15) is 4.79 Å². The van der Waals surface area contributed by atoms with E-state index in [0.717, 1.165) is 37.5 Å². The summed E-state index contributed by atoms with van der Waals surface area (Å²) < 4.78 is 0. The molecule has 20 heavy (non-hydrogen) atoms. The summed E-state index contributed by atoms with van der Waals surface area (Å²) in [4.78, 5) is 17.5. The molecule has 0 atom stereocenters. The smallest absolute Gasteiger partial charge is 0.172 e. The van der Waals surface area contributed by atoms with E-state index in [-0.39, 0.29) is 5.78 Å². The lowest BCUT2D eigenvalue weighted by molar-refractivity contribution is 0.0977. The van der Waals surface area contributed by atoms with Crippen LogP contribution in [0.25, 0.3) is 0 Å². The van der Waals surface area contributed by atoms with Crippen LogP contribution < -0.4 is 0 Å². The number of nitrogens with zero attached hydrogens (tertiary/aromatic N) is 2. The first-order valence-corrected chi connectivity index (χ1v) is 8.30. The highest BCUT2D eigenvalue weighted by molar-refractivity contribution is 7.12. The van der Waals surface area contributed by atoms with E-state index < -0.39 is 0 Å². The maximum Gasteiger partial charge on any atom is 0.172 e. The maximum absolute atomic E-state index is 12.0. The van der Waals surface area contributed by atoms with Crippen molar-refractivity contribution < 1.29 is 4.79 Å². The Kier molecular flexibility index (Phi) is 8.04. The summed E-state index contributed by atoms with van der Waals surface area (Å²) in [6, 6.07) is 3.87. The molecule has 0 radical (unpaired) electrons. The Balaban J connectivity index is 2.31. The second kappa shape index (κ2) is 9.27. The van der Waals surface area contributed by atoms with Gasteiger partial charge in [-0.2, -0.15) is 0 Å². The van der Waals surface area contributed by atoms with E-state index in [1.54, 1.807) is 11.3 Å². The summed E-state index contributed by atoms with van der Waals surface area (Å²) in [7, 11) is 4.21. The first kappa shape index (κ1) is 17.3. The fourth-order valence-corrected chi connectivity index (χ4v) is 2.87. The van der Waals surface area contributed by atoms with Crippen molar-refractivity contribution in [1.82, 2.24) is 9.80 Å². The maximum atomic E-state index is 12.0. The van der Waals surface area contributed by atoms with Gasteiger partial charge in [0.25, 0.3) is 0 Å². The number of rotatable bonds is 10. The molecule has 0 aliphatic heterocycles. The molecule has 0 unspecified atom stereocenters. The van der Waals surface area contributed by atoms with Gasteiger partial charge >= 0.3 is 0 Å². The SMILES string of the molecule is CC(C)CN(CCCC(=O)c1cccs1)CCN(C)C. The molecular formula is C16H28N2OS. The number of ketones is 1. The number of likely N-dealkylation sites (N-methyl/N-ethyl adjacent to an activating group) is 1. The van der Waals surface area contributed by atoms with Gasteiger partial charge in [-0.3, -0.25) is 4.79 Å². The van der Waals surface area contributed by atoms with Crippen LogP contribution in [-0.2, 0) is 0 Å². The third kappa shape index (κ3) is 7.17. The molecule has 1 aromatic rings. The fraction of sp³-hybridized carbons (Fsp3) is 0.688. The van der Waals surface area contributed by atoms with Gasteiger partial charge in [0.15, 0.2) is 5.78 Å². The fourth-order valence-electron chi connectivity index (χ4n) is 2.18. The van der Waals surface area contributed by atoms with Crippen molar-refractivity contribution in [2.45, 2.75) is 26.7 Å². The van der Waals surface area contributed by atoms with Crippen LogP contribution in [0.2, 0.25) is 0 Å². The molecule has 0 aliphatic rings. The number of carbonyl (C=O) groups is 1. The molecule has 0 N–H and O–H groups in total. The van der Waals surface area contributed by atoms with Crippen LogP contribution in [0.15, 0.2) is 17.5 Å². The van der Waals surface area contributed by atoms with Gasteiger partial charge in [0.2, 0.25) is 0 Å². The van der Waals surface area contributed by atoms with Crippen molar-refractivity contribution in [2.24, 2.45) is 5.92 Å². The predicted octanol–water partition coefficient (Wildman–Crippen LogP) is 3.23. The molecule has 0 saturated carbocycles. The monoisotopic (exact) mass is 296 g/mol. The molecule has 1 rings (SSSR count). The summed E-state index contributed by atoms with van der Waals surface area (Å²) in [5.74, 6) is 0.960. The Labute approximate surface area is 127 Å². The van der Waals surface area contributed by atoms with E-state index in [4.69, 9.17) is 0 Å². The van der Waals surface area contributed by atoms with Crippen molar-refractivity contribution in [1.29, 1.82) is 0 Å². The van der Waals surface area contributed by atoms with Gasteiger partial charge in [-0.05, 0) is 44.4 Å². The highest BCUT2D eigenvalue weighted by atomic mass is 32.1. The lowest BCUT2D eigenvalue weighted by atomic mass is 10.1. The second-order valence-electron chi connectivity index (χ2n) is 6.00. The quantitative estimate of drug-likeness (QED) is 0.619. The zero-order chi connectivity index (χ0) is 15.0. The molecule has 0 aromatic carbocycles. The minimum absolute atomic E-state index is 0.289. The lowest BCUT2D eigenvalue weighted by Crippen LogP contribution is -2.35. The topological polar surface area (TPSA) is 23.6 Å². The lowest BCUT2D eigenvalue weighted by Gasteiger charge is -2.25. The van der Waals surface area contributed by atoms with Crippen LogP contribution in [0.1, 0.15) is 36.4 Å². The number of carbonyl (C=O) groups excluding carboxylic acids is 1. The number of hydrogen-bond donors (Lipinski definition) is 0. The zero-order valence-electron chi connectivity index (χ0n) is 13.3. The van der Waals surface area contributed by atoms with Crippen LogP contribution in [0.4, 0.5) is 0 Å². The first-order valence-electron chi connectivity index (χ1n) is 7.43. The number of thiophene rings is 1. The van der Waals surface area contributed by atoms with Crippen LogP contribution in [0.5, 0.6) is 0 Å². The van der Waals surface area contributed by atoms with Crippen molar-refractivity contribution in [2.75, 3.05) is 40.3 Å². The van der Waals surface area contributed by atoms with E-state index in [0.29, 0.717) is 12.3 Å². The van der Waals surface area contributed by atoms with E-state index in [1.165, 1.54) is 0 Å². The second-order valence-corrected chi connectivity index (χ2v) is 6.95. The van der Waals surface area contributed by atoms with Crippen LogP contribution in [0.3, 0.4) is 0 Å². The molecule has 0 aliphatic carbocycles. The van der Waals surface area contributed by atoms with Gasteiger partial charge in [0.05, 0.1) is 4.88 Å². The van der Waals surface area contributed by atoms with Gasteiger partial charge < -0.3 is 9.80 Å². The van der Waals surface area contributed by atoms with Crippen LogP contribution in [-0.4, -0.2) is 55.9 Å². The van der Waals surface area contributed by atoms with Crippen molar-refractivity contribution in [3.8, 4) is 0 Å². The average molecular weight is 296 g/mol. The molecule has 1 heterocycles. The normalized spacial score (nSPS) is 11.8. The van der Waals surface area contributed by atoms with E-state index in [1.807, 2.05) is 17.5 Å². The molecule has 0 spiro atoms. The minimum atomic E-state index is 0.289. The summed E-state index contributed by atoms with van der Waals surface area (Å²) >= 11 is 1.54. The third-order valence-corrected chi connectivity index (χ3v) is 4.07. The Morgan fingerprint density at radius 2 is 2.00 bits per heavy atom. The Bertz CT molecular complexity index is 374. The van der Waals surface area contributed by atoms with E-state index >= 15 is 0 Å². The third-order valence-electron chi connectivity index (χ3n) is 3.16. The Hall–Kier alpha value is -0.710. The summed E-state index contributed by atoms with van der Waals surface area (Å²) in [6.07, 6.45) is 1.62. The van der Waals surface area contributed by atoms with Gasteiger partial charge in [0, 0.05) is 26.1 Å². The van der Waals surface area contributed by atoms with Gasteiger partial charge in [0.1, 0.15) is 0 Å². The average Bonchev–Trinajstić information content (AvgIpc) is 2.88. The summed E-state index contributed by atoms with van der Waals surface area (Å²) in [6.45, 7) is 8.78. The van der Waals surface area contributed by atoms with Crippen LogP contribution >= 0.6 is 11.3 Å². The van der Waals surface area contributed by atoms with Gasteiger partial charge in [-0.15, -0.1) is 11.3 Å². The van der Waals surface area contributed by atoms with Crippen molar-refractivity contribution >= 4 is 17.1 Å². The standard InChI is InChI=1S/C16H28N2OS/c1-14(2)13-18(11-10-17(3)4)9-5-7-15(19)16-8-6-12-20-16/h6,8,12,14H,5,7,9-11,13H2,1-4H3. The first-order chi connectivity index (χ1) is 9.49. The van der Waals surface area contributed by atoms with Gasteiger partial charge in [-0.25, -0.2) is 0 Å². The zero-order valence-corrected chi connectivity index (χ0v) is 14.1. The molecule has 3 nitrogen and oxygen atoms in total. The molecule has 114 valence electrons. The summed E-state index contributed by atoms with van der Waals surface area (Å²) in [5.41, 5.74) is 0. The Morgan fingerprint density at radius 3 is 2.55 bits per heavy atom. The number of hydrogen-bond acceptors (Lipinski definition) is 4. The predicted molar refractivity (Wildman–Crippen MR) is 87.7 cm³/mol. The molecule has 1 aromatic heterocycles. The molecule has 0 amide bonds. The van der Waals surface area contributed by atoms with Crippen molar-refractivity contribution in [3.05, 3.63) is 22.4 Å². The highest BCUT2D eigenvalue weighted by Crippen LogP contribution is 2.12.